The van der Waals surface area contributed by atoms with Crippen LogP contribution in [0, 0.1) is 0 Å². The normalized spacial score (nSPS) is 10.8. The summed E-state index contributed by atoms with van der Waals surface area (Å²) in [4.78, 5) is 3.71. The first-order chi connectivity index (χ1) is 7.66. The Morgan fingerprint density at radius 1 is 1.31 bits per heavy atom. The van der Waals surface area contributed by atoms with Gasteiger partial charge in [-0.3, -0.25) is 0 Å². The van der Waals surface area contributed by atoms with Gasteiger partial charge >= 0.3 is 12.0 Å². The van der Waals surface area contributed by atoms with Gasteiger partial charge in [0, 0.05) is 0 Å². The van der Waals surface area contributed by atoms with E-state index in [-0.39, 0.29) is 16.9 Å². The molecular weight excluding hydrogens is 242 g/mol. The molecule has 1 aromatic heterocycles. The van der Waals surface area contributed by atoms with Crippen LogP contribution in [-0.2, 0) is 0 Å². The Kier molecular flexibility index (Phi) is 3.00. The fourth-order valence-corrected chi connectivity index (χ4v) is 1.28. The quantitative estimate of drug-likeness (QED) is 0.835. The number of para-hydroxylation sites is 1. The summed E-state index contributed by atoms with van der Waals surface area (Å²) in [6.45, 7) is -2.91. The molecule has 0 saturated carbocycles. The summed E-state index contributed by atoms with van der Waals surface area (Å²) in [6.07, 6.45) is 0. The van der Waals surface area contributed by atoms with E-state index < -0.39 is 6.61 Å². The van der Waals surface area contributed by atoms with Gasteiger partial charge in [0.2, 0.25) is 5.82 Å². The molecule has 0 fully saturated rings. The smallest absolute Gasteiger partial charge is 0.387 e. The lowest BCUT2D eigenvalue weighted by atomic mass is 10.2. The van der Waals surface area contributed by atoms with Crippen molar-refractivity contribution in [2.45, 2.75) is 6.61 Å². The maximum absolute atomic E-state index is 12.1. The summed E-state index contributed by atoms with van der Waals surface area (Å²) in [5.74, 6) is 0.0659. The molecule has 0 unspecified atom stereocenters. The first-order valence-corrected chi connectivity index (χ1v) is 4.58. The third kappa shape index (κ3) is 2.27. The van der Waals surface area contributed by atoms with Gasteiger partial charge in [0.15, 0.2) is 0 Å². The third-order valence-corrected chi connectivity index (χ3v) is 1.90. The van der Waals surface area contributed by atoms with Gasteiger partial charge in [-0.25, -0.2) is 0 Å². The number of halogens is 3. The lowest BCUT2D eigenvalue weighted by molar-refractivity contribution is -0.0494. The average Bonchev–Trinajstić information content (AvgIpc) is 2.65. The van der Waals surface area contributed by atoms with Crippen molar-refractivity contribution in [3.8, 4) is 17.1 Å². The van der Waals surface area contributed by atoms with Crippen LogP contribution in [0.15, 0.2) is 28.8 Å². The molecule has 0 radical (unpaired) electrons. The van der Waals surface area contributed by atoms with Crippen LogP contribution in [0.1, 0.15) is 0 Å². The molecule has 0 amide bonds. The van der Waals surface area contributed by atoms with E-state index in [0.29, 0.717) is 5.56 Å². The molecule has 0 spiro atoms. The summed E-state index contributed by atoms with van der Waals surface area (Å²) in [5, 5.41) is 3.35. The zero-order valence-corrected chi connectivity index (χ0v) is 8.49. The highest BCUT2D eigenvalue weighted by Gasteiger charge is 2.14. The number of nitrogens with zero attached hydrogens (tertiary/aromatic N) is 2. The first kappa shape index (κ1) is 10.8. The van der Waals surface area contributed by atoms with E-state index in [0.717, 1.165) is 0 Å². The van der Waals surface area contributed by atoms with E-state index in [1.54, 1.807) is 12.1 Å². The fraction of sp³-hybridized carbons (Fsp3) is 0.111. The van der Waals surface area contributed by atoms with E-state index in [1.807, 2.05) is 0 Å². The minimum absolute atomic E-state index is 0.0324. The molecule has 16 heavy (non-hydrogen) atoms. The molecule has 0 N–H and O–H groups in total. The van der Waals surface area contributed by atoms with Gasteiger partial charge in [0.1, 0.15) is 5.75 Å². The van der Waals surface area contributed by atoms with E-state index in [9.17, 15) is 8.78 Å². The van der Waals surface area contributed by atoms with Gasteiger partial charge in [0.05, 0.1) is 5.56 Å². The van der Waals surface area contributed by atoms with Crippen molar-refractivity contribution in [1.29, 1.82) is 0 Å². The number of hydrogen-bond donors (Lipinski definition) is 0. The molecule has 0 bridgehead atoms. The molecule has 7 heteroatoms. The summed E-state index contributed by atoms with van der Waals surface area (Å²) in [5.41, 5.74) is 0.290. The molecule has 2 rings (SSSR count). The van der Waals surface area contributed by atoms with Crippen LogP contribution in [0.25, 0.3) is 11.4 Å². The summed E-state index contributed by atoms with van der Waals surface area (Å²) < 4.78 is 33.1. The number of alkyl halides is 2. The van der Waals surface area contributed by atoms with E-state index in [1.165, 1.54) is 12.1 Å². The first-order valence-electron chi connectivity index (χ1n) is 4.20. The van der Waals surface area contributed by atoms with Crippen molar-refractivity contribution in [2.75, 3.05) is 0 Å². The van der Waals surface area contributed by atoms with Crippen molar-refractivity contribution >= 4 is 11.6 Å². The predicted molar refractivity (Wildman–Crippen MR) is 51.4 cm³/mol. The Bertz CT molecular complexity index is 490. The average molecular weight is 247 g/mol. The highest BCUT2D eigenvalue weighted by molar-refractivity contribution is 6.27. The lowest BCUT2D eigenvalue weighted by Gasteiger charge is -2.06. The minimum Gasteiger partial charge on any atom is -0.434 e. The monoisotopic (exact) mass is 246 g/mol. The standard InChI is InChI=1S/C9H5ClF2N2O2/c10-8-13-7(14-16-8)5-3-1-2-4-6(5)15-9(11)12/h1-4,9H. The van der Waals surface area contributed by atoms with Crippen LogP contribution in [-0.4, -0.2) is 16.8 Å². The molecule has 0 aliphatic heterocycles. The number of hydrogen-bond acceptors (Lipinski definition) is 4. The van der Waals surface area contributed by atoms with Gasteiger partial charge in [-0.1, -0.05) is 17.3 Å². The van der Waals surface area contributed by atoms with Crippen molar-refractivity contribution in [3.05, 3.63) is 29.6 Å². The molecule has 1 aromatic carbocycles. The van der Waals surface area contributed by atoms with Crippen molar-refractivity contribution < 1.29 is 18.0 Å². The highest BCUT2D eigenvalue weighted by Crippen LogP contribution is 2.29. The van der Waals surface area contributed by atoms with E-state index in [2.05, 4.69) is 19.4 Å². The Morgan fingerprint density at radius 3 is 2.69 bits per heavy atom. The highest BCUT2D eigenvalue weighted by atomic mass is 35.5. The van der Waals surface area contributed by atoms with Gasteiger partial charge in [-0.15, -0.1) is 0 Å². The second-order valence-corrected chi connectivity index (χ2v) is 3.07. The maximum Gasteiger partial charge on any atom is 0.387 e. The van der Waals surface area contributed by atoms with Crippen LogP contribution in [0.2, 0.25) is 5.35 Å². The largest absolute Gasteiger partial charge is 0.434 e. The molecule has 0 aliphatic rings. The molecule has 84 valence electrons. The van der Waals surface area contributed by atoms with Crippen LogP contribution < -0.4 is 4.74 Å². The van der Waals surface area contributed by atoms with Crippen LogP contribution >= 0.6 is 11.6 Å². The van der Waals surface area contributed by atoms with Crippen molar-refractivity contribution in [2.24, 2.45) is 0 Å². The van der Waals surface area contributed by atoms with Gasteiger partial charge in [0.25, 0.3) is 0 Å². The topological polar surface area (TPSA) is 48.2 Å². The van der Waals surface area contributed by atoms with Crippen LogP contribution in [0.4, 0.5) is 8.78 Å². The Hall–Kier alpha value is -1.69. The second kappa shape index (κ2) is 4.44. The molecule has 0 aliphatic carbocycles. The van der Waals surface area contributed by atoms with Gasteiger partial charge < -0.3 is 9.26 Å². The number of benzene rings is 1. The number of aromatic nitrogens is 2. The third-order valence-electron chi connectivity index (χ3n) is 1.75. The second-order valence-electron chi connectivity index (χ2n) is 2.75. The van der Waals surface area contributed by atoms with Crippen LogP contribution in [0.3, 0.4) is 0 Å². The molecule has 4 nitrogen and oxygen atoms in total. The van der Waals surface area contributed by atoms with Gasteiger partial charge in [-0.05, 0) is 23.7 Å². The fourth-order valence-electron chi connectivity index (χ4n) is 1.16. The van der Waals surface area contributed by atoms with Crippen molar-refractivity contribution in [3.63, 3.8) is 0 Å². The van der Waals surface area contributed by atoms with E-state index in [4.69, 9.17) is 11.6 Å². The summed E-state index contributed by atoms with van der Waals surface area (Å²) in [6, 6.07) is 6.10. The maximum atomic E-state index is 12.1. The SMILES string of the molecule is FC(F)Oc1ccccc1-c1noc(Cl)n1. The Morgan fingerprint density at radius 2 is 2.06 bits per heavy atom. The Balaban J connectivity index is 2.40. The molecule has 0 atom stereocenters. The Labute approximate surface area is 93.8 Å². The lowest BCUT2D eigenvalue weighted by Crippen LogP contribution is -2.03. The predicted octanol–water partition coefficient (Wildman–Crippen LogP) is 2.99. The van der Waals surface area contributed by atoms with E-state index >= 15 is 0 Å². The number of ether oxygens (including phenoxy) is 1. The zero-order valence-electron chi connectivity index (χ0n) is 7.73. The van der Waals surface area contributed by atoms with Crippen molar-refractivity contribution in [1.82, 2.24) is 10.1 Å². The minimum atomic E-state index is -2.91. The number of rotatable bonds is 3. The molecule has 0 saturated heterocycles. The molecular formula is C9H5ClF2N2O2. The molecule has 2 aromatic rings. The summed E-state index contributed by atoms with van der Waals surface area (Å²) >= 11 is 5.44. The summed E-state index contributed by atoms with van der Waals surface area (Å²) in [7, 11) is 0. The van der Waals surface area contributed by atoms with Crippen LogP contribution in [0.5, 0.6) is 5.75 Å². The van der Waals surface area contributed by atoms with Gasteiger partial charge in [-0.2, -0.15) is 13.8 Å². The molecule has 1 heterocycles. The zero-order chi connectivity index (χ0) is 11.5.